The Morgan fingerprint density at radius 1 is 1.78 bits per heavy atom. The SMILES string of the molecule is CCP1(=S)C=C(C)CC1. The predicted octanol–water partition coefficient (Wildman–Crippen LogP) is 2.79. The third-order valence-corrected chi connectivity index (χ3v) is 6.48. The van der Waals surface area contributed by atoms with E-state index in [-0.39, 0.29) is 0 Å². The fourth-order valence-electron chi connectivity index (χ4n) is 1.15. The van der Waals surface area contributed by atoms with E-state index < -0.39 is 6.04 Å². The molecule has 1 unspecified atom stereocenters. The molecule has 0 fully saturated rings. The first-order chi connectivity index (χ1) is 4.16. The van der Waals surface area contributed by atoms with Crippen molar-refractivity contribution in [2.75, 3.05) is 12.3 Å². The molecule has 0 aromatic rings. The van der Waals surface area contributed by atoms with E-state index in [1.54, 1.807) is 0 Å². The summed E-state index contributed by atoms with van der Waals surface area (Å²) in [6.07, 6.45) is 3.79. The molecule has 0 spiro atoms. The quantitative estimate of drug-likeness (QED) is 0.531. The Kier molecular flexibility index (Phi) is 2.13. The highest BCUT2D eigenvalue weighted by Crippen LogP contribution is 2.53. The summed E-state index contributed by atoms with van der Waals surface area (Å²) in [6.45, 7) is 4.42. The van der Waals surface area contributed by atoms with E-state index >= 15 is 0 Å². The summed E-state index contributed by atoms with van der Waals surface area (Å²) < 4.78 is 0. The first-order valence-corrected chi connectivity index (χ1v) is 6.66. The molecular weight excluding hydrogens is 147 g/mol. The molecule has 0 amide bonds. The number of rotatable bonds is 1. The molecule has 0 bridgehead atoms. The van der Waals surface area contributed by atoms with Crippen LogP contribution in [0.2, 0.25) is 0 Å². The summed E-state index contributed by atoms with van der Waals surface area (Å²) >= 11 is 5.48. The van der Waals surface area contributed by atoms with Gasteiger partial charge in [-0.25, -0.2) is 0 Å². The maximum atomic E-state index is 5.48. The molecule has 0 aromatic heterocycles. The Labute approximate surface area is 62.4 Å². The van der Waals surface area contributed by atoms with E-state index in [0.717, 1.165) is 0 Å². The minimum atomic E-state index is -0.936. The zero-order chi connectivity index (χ0) is 6.91. The Bertz CT molecular complexity index is 181. The third kappa shape index (κ3) is 1.65. The van der Waals surface area contributed by atoms with Crippen LogP contribution < -0.4 is 0 Å². The van der Waals surface area contributed by atoms with Crippen molar-refractivity contribution in [3.8, 4) is 0 Å². The van der Waals surface area contributed by atoms with Crippen LogP contribution in [0.3, 0.4) is 0 Å². The van der Waals surface area contributed by atoms with Gasteiger partial charge < -0.3 is 0 Å². The van der Waals surface area contributed by atoms with Gasteiger partial charge in [0, 0.05) is 0 Å². The summed E-state index contributed by atoms with van der Waals surface area (Å²) in [5.74, 6) is 2.36. The summed E-state index contributed by atoms with van der Waals surface area (Å²) in [5, 5.41) is 0. The molecule has 0 radical (unpaired) electrons. The van der Waals surface area contributed by atoms with Gasteiger partial charge in [0.05, 0.1) is 0 Å². The molecule has 9 heavy (non-hydrogen) atoms. The van der Waals surface area contributed by atoms with Crippen LogP contribution in [0.4, 0.5) is 0 Å². The zero-order valence-corrected chi connectivity index (χ0v) is 7.77. The zero-order valence-electron chi connectivity index (χ0n) is 6.05. The number of hydrogen-bond acceptors (Lipinski definition) is 1. The van der Waals surface area contributed by atoms with Crippen molar-refractivity contribution in [2.24, 2.45) is 0 Å². The second-order valence-corrected chi connectivity index (χ2v) is 8.14. The van der Waals surface area contributed by atoms with Crippen molar-refractivity contribution in [1.29, 1.82) is 0 Å². The van der Waals surface area contributed by atoms with E-state index in [1.807, 2.05) is 0 Å². The first-order valence-electron chi connectivity index (χ1n) is 3.42. The lowest BCUT2D eigenvalue weighted by Gasteiger charge is -2.06. The summed E-state index contributed by atoms with van der Waals surface area (Å²) in [6, 6.07) is -0.936. The average Bonchev–Trinajstić information content (AvgIpc) is 2.13. The largest absolute Gasteiger partial charge is 0.0932 e. The van der Waals surface area contributed by atoms with Gasteiger partial charge in [-0.1, -0.05) is 30.1 Å². The average molecular weight is 160 g/mol. The predicted molar refractivity (Wildman–Crippen MR) is 48.1 cm³/mol. The maximum absolute atomic E-state index is 5.48. The van der Waals surface area contributed by atoms with Crippen LogP contribution in [0.5, 0.6) is 0 Å². The third-order valence-electron chi connectivity index (χ3n) is 1.88. The lowest BCUT2D eigenvalue weighted by atomic mass is 10.3. The van der Waals surface area contributed by atoms with Crippen LogP contribution in [0.25, 0.3) is 0 Å². The number of allylic oxidation sites excluding steroid dienone is 1. The molecule has 2 heteroatoms. The summed E-state index contributed by atoms with van der Waals surface area (Å²) in [4.78, 5) is 0. The molecule has 0 nitrogen and oxygen atoms in total. The van der Waals surface area contributed by atoms with Crippen LogP contribution >= 0.6 is 6.04 Å². The van der Waals surface area contributed by atoms with Gasteiger partial charge >= 0.3 is 0 Å². The Hall–Kier alpha value is 0.390. The Balaban J connectivity index is 2.77. The molecule has 0 aromatic carbocycles. The molecule has 0 N–H and O–H groups in total. The van der Waals surface area contributed by atoms with Crippen molar-refractivity contribution < 1.29 is 0 Å². The molecule has 1 rings (SSSR count). The van der Waals surface area contributed by atoms with Gasteiger partial charge in [-0.3, -0.25) is 0 Å². The smallest absolute Gasteiger partial charge is 0.0165 e. The fourth-order valence-corrected chi connectivity index (χ4v) is 4.25. The van der Waals surface area contributed by atoms with Crippen LogP contribution in [-0.4, -0.2) is 12.3 Å². The van der Waals surface area contributed by atoms with Gasteiger partial charge in [0.25, 0.3) is 0 Å². The van der Waals surface area contributed by atoms with E-state index in [4.69, 9.17) is 11.8 Å². The maximum Gasteiger partial charge on any atom is -0.0165 e. The lowest BCUT2D eigenvalue weighted by Crippen LogP contribution is -1.80. The summed E-state index contributed by atoms with van der Waals surface area (Å²) in [5.41, 5.74) is 1.53. The van der Waals surface area contributed by atoms with Crippen molar-refractivity contribution in [3.05, 3.63) is 11.4 Å². The first kappa shape index (κ1) is 7.50. The van der Waals surface area contributed by atoms with Crippen molar-refractivity contribution in [1.82, 2.24) is 0 Å². The molecule has 1 aliphatic heterocycles. The molecule has 0 aliphatic carbocycles. The normalized spacial score (nSPS) is 34.7. The van der Waals surface area contributed by atoms with Gasteiger partial charge in [0.2, 0.25) is 0 Å². The standard InChI is InChI=1S/C7H13PS/c1-3-8(9)5-4-7(2)6-8/h6H,3-5H2,1-2H3. The van der Waals surface area contributed by atoms with E-state index in [2.05, 4.69) is 19.7 Å². The van der Waals surface area contributed by atoms with E-state index in [9.17, 15) is 0 Å². The highest BCUT2D eigenvalue weighted by molar-refractivity contribution is 8.16. The molecule has 0 saturated carbocycles. The molecule has 1 atom stereocenters. The van der Waals surface area contributed by atoms with Crippen molar-refractivity contribution in [3.63, 3.8) is 0 Å². The van der Waals surface area contributed by atoms with Crippen molar-refractivity contribution in [2.45, 2.75) is 20.3 Å². The van der Waals surface area contributed by atoms with E-state index in [0.29, 0.717) is 0 Å². The van der Waals surface area contributed by atoms with Crippen molar-refractivity contribution >= 4 is 17.8 Å². The minimum Gasteiger partial charge on any atom is -0.0932 e. The fraction of sp³-hybridized carbons (Fsp3) is 0.714. The molecular formula is C7H13PS. The second-order valence-electron chi connectivity index (χ2n) is 2.72. The molecule has 1 aliphatic rings. The van der Waals surface area contributed by atoms with Crippen LogP contribution in [-0.2, 0) is 11.8 Å². The second kappa shape index (κ2) is 2.56. The molecule has 0 saturated heterocycles. The van der Waals surface area contributed by atoms with Gasteiger partial charge in [-0.2, -0.15) is 0 Å². The van der Waals surface area contributed by atoms with E-state index in [1.165, 1.54) is 24.3 Å². The molecule has 52 valence electrons. The van der Waals surface area contributed by atoms with Gasteiger partial charge in [0.1, 0.15) is 0 Å². The molecule has 1 heterocycles. The Morgan fingerprint density at radius 3 is 2.67 bits per heavy atom. The topological polar surface area (TPSA) is 0 Å². The highest BCUT2D eigenvalue weighted by atomic mass is 32.4. The lowest BCUT2D eigenvalue weighted by molar-refractivity contribution is 1.14. The van der Waals surface area contributed by atoms with Gasteiger partial charge in [-0.15, -0.1) is 0 Å². The Morgan fingerprint density at radius 2 is 2.44 bits per heavy atom. The monoisotopic (exact) mass is 160 g/mol. The van der Waals surface area contributed by atoms with Gasteiger partial charge in [0.15, 0.2) is 0 Å². The van der Waals surface area contributed by atoms with Crippen LogP contribution in [0.15, 0.2) is 11.4 Å². The van der Waals surface area contributed by atoms with Gasteiger partial charge in [-0.05, 0) is 31.7 Å². The van der Waals surface area contributed by atoms with Crippen LogP contribution in [0.1, 0.15) is 20.3 Å². The minimum absolute atomic E-state index is 0.936. The highest BCUT2D eigenvalue weighted by Gasteiger charge is 2.16. The van der Waals surface area contributed by atoms with Crippen LogP contribution in [0, 0.1) is 0 Å². The summed E-state index contributed by atoms with van der Waals surface area (Å²) in [7, 11) is 0. The number of hydrogen-bond donors (Lipinski definition) is 0.